The highest BCUT2D eigenvalue weighted by Crippen LogP contribution is 2.45. The first-order valence-corrected chi connectivity index (χ1v) is 44.4. The van der Waals surface area contributed by atoms with Gasteiger partial charge in [-0.05, 0) is 43.4 Å². The molecule has 0 fully saturated rings. The molecule has 6 atom stereocenters. The van der Waals surface area contributed by atoms with E-state index < -0.39 is 97.5 Å². The van der Waals surface area contributed by atoms with E-state index in [1.54, 1.807) is 0 Å². The molecule has 0 aromatic rings. The van der Waals surface area contributed by atoms with Crippen LogP contribution in [-0.4, -0.2) is 96.7 Å². The fraction of sp³-hybridized carbons (Fsp3) is 0.950. The lowest BCUT2D eigenvalue weighted by molar-refractivity contribution is -0.161. The fourth-order valence-electron chi connectivity index (χ4n) is 12.3. The average Bonchev–Trinajstić information content (AvgIpc) is 0.986. The first kappa shape index (κ1) is 97.1. The van der Waals surface area contributed by atoms with Crippen LogP contribution >= 0.6 is 15.6 Å². The minimum atomic E-state index is -4.96. The number of esters is 4. The third kappa shape index (κ3) is 72.8. The van der Waals surface area contributed by atoms with Crippen molar-refractivity contribution in [2.45, 2.75) is 433 Å². The van der Waals surface area contributed by atoms with E-state index >= 15 is 0 Å². The van der Waals surface area contributed by atoms with Gasteiger partial charge in [-0.25, -0.2) is 9.13 Å². The quantitative estimate of drug-likeness (QED) is 0.0222. The second kappa shape index (κ2) is 70.4. The van der Waals surface area contributed by atoms with Gasteiger partial charge in [0.2, 0.25) is 0 Å². The summed E-state index contributed by atoms with van der Waals surface area (Å²) < 4.78 is 68.6. The van der Waals surface area contributed by atoms with Crippen molar-refractivity contribution in [2.24, 2.45) is 17.8 Å². The van der Waals surface area contributed by atoms with Crippen molar-refractivity contribution in [1.29, 1.82) is 0 Å². The van der Waals surface area contributed by atoms with Crippen molar-refractivity contribution in [3.63, 3.8) is 0 Å². The van der Waals surface area contributed by atoms with E-state index in [1.807, 2.05) is 0 Å². The molecule has 0 saturated heterocycles. The van der Waals surface area contributed by atoms with Crippen LogP contribution in [0, 0.1) is 17.8 Å². The van der Waals surface area contributed by atoms with Crippen molar-refractivity contribution in [2.75, 3.05) is 39.6 Å². The maximum absolute atomic E-state index is 13.1. The third-order valence-electron chi connectivity index (χ3n) is 19.0. The Morgan fingerprint density at radius 3 is 0.768 bits per heavy atom. The lowest BCUT2D eigenvalue weighted by Gasteiger charge is -2.21. The molecule has 0 aliphatic rings. The van der Waals surface area contributed by atoms with Crippen molar-refractivity contribution < 1.29 is 80.2 Å². The van der Waals surface area contributed by atoms with E-state index in [4.69, 9.17) is 37.0 Å². The van der Waals surface area contributed by atoms with E-state index in [-0.39, 0.29) is 25.7 Å². The number of unbranched alkanes of at least 4 members (excludes halogenated alkanes) is 45. The zero-order chi connectivity index (χ0) is 73.0. The average molecular weight is 1450 g/mol. The summed E-state index contributed by atoms with van der Waals surface area (Å²) in [6.45, 7) is 11.9. The van der Waals surface area contributed by atoms with Crippen LogP contribution in [-0.2, 0) is 65.4 Å². The minimum absolute atomic E-state index is 0.104. The molecule has 0 aliphatic carbocycles. The Balaban J connectivity index is 5.21. The SMILES string of the molecule is CCCCCCCCCCCCCCCCCCCCCCC(=O)O[C@H](COC(=O)CCCCCCCCCCCCCCCCC(C)CC)COP(=O)(O)OC[C@@H](O)COP(=O)(O)OC[C@@H](COC(=O)CCCCCCCCC(C)C)OC(=O)CCCCCCCCCCCC(C)C. The number of carbonyl (C=O) groups is 4. The monoisotopic (exact) mass is 1450 g/mol. The lowest BCUT2D eigenvalue weighted by Crippen LogP contribution is -2.30. The number of carbonyl (C=O) groups excluding carboxylic acids is 4. The number of phosphoric acid groups is 2. The summed E-state index contributed by atoms with van der Waals surface area (Å²) in [4.78, 5) is 72.9. The second-order valence-corrected chi connectivity index (χ2v) is 32.9. The minimum Gasteiger partial charge on any atom is -0.462 e. The highest BCUT2D eigenvalue weighted by atomic mass is 31.2. The van der Waals surface area contributed by atoms with Crippen LogP contribution < -0.4 is 0 Å². The molecule has 17 nitrogen and oxygen atoms in total. The molecule has 588 valence electrons. The lowest BCUT2D eigenvalue weighted by atomic mass is 9.99. The zero-order valence-electron chi connectivity index (χ0n) is 65.0. The summed E-state index contributed by atoms with van der Waals surface area (Å²) >= 11 is 0. The molecule has 3 N–H and O–H groups in total. The fourth-order valence-corrected chi connectivity index (χ4v) is 13.9. The Morgan fingerprint density at radius 2 is 0.515 bits per heavy atom. The third-order valence-corrected chi connectivity index (χ3v) is 20.9. The van der Waals surface area contributed by atoms with Crippen LogP contribution in [0.2, 0.25) is 0 Å². The Hall–Kier alpha value is -1.94. The maximum Gasteiger partial charge on any atom is 0.472 e. The van der Waals surface area contributed by atoms with Crippen LogP contribution in [0.25, 0.3) is 0 Å². The van der Waals surface area contributed by atoms with E-state index in [9.17, 15) is 43.2 Å². The van der Waals surface area contributed by atoms with Gasteiger partial charge in [-0.3, -0.25) is 37.3 Å². The van der Waals surface area contributed by atoms with E-state index in [2.05, 4.69) is 48.5 Å². The van der Waals surface area contributed by atoms with Gasteiger partial charge in [0.1, 0.15) is 19.3 Å². The molecule has 0 radical (unpaired) electrons. The summed E-state index contributed by atoms with van der Waals surface area (Å²) in [6, 6.07) is 0. The molecule has 0 aromatic heterocycles. The molecular formula is C80H156O17P2. The van der Waals surface area contributed by atoms with E-state index in [0.29, 0.717) is 31.6 Å². The van der Waals surface area contributed by atoms with Crippen molar-refractivity contribution in [3.8, 4) is 0 Å². The predicted molar refractivity (Wildman–Crippen MR) is 405 cm³/mol. The molecule has 0 heterocycles. The van der Waals surface area contributed by atoms with Gasteiger partial charge in [-0.15, -0.1) is 0 Å². The molecular weight excluding hydrogens is 1290 g/mol. The van der Waals surface area contributed by atoms with Crippen LogP contribution in [0.15, 0.2) is 0 Å². The van der Waals surface area contributed by atoms with Gasteiger partial charge >= 0.3 is 39.5 Å². The molecule has 0 aliphatic heterocycles. The van der Waals surface area contributed by atoms with Crippen molar-refractivity contribution in [1.82, 2.24) is 0 Å². The summed E-state index contributed by atoms with van der Waals surface area (Å²) in [5.41, 5.74) is 0. The molecule has 0 spiro atoms. The molecule has 3 unspecified atom stereocenters. The molecule has 99 heavy (non-hydrogen) atoms. The van der Waals surface area contributed by atoms with Crippen LogP contribution in [0.3, 0.4) is 0 Å². The number of ether oxygens (including phenoxy) is 4. The zero-order valence-corrected chi connectivity index (χ0v) is 66.8. The molecule has 0 saturated carbocycles. The number of hydrogen-bond acceptors (Lipinski definition) is 15. The van der Waals surface area contributed by atoms with Crippen molar-refractivity contribution >= 4 is 39.5 Å². The van der Waals surface area contributed by atoms with Gasteiger partial charge < -0.3 is 33.8 Å². The Kier molecular flexibility index (Phi) is 69.0. The smallest absolute Gasteiger partial charge is 0.462 e. The van der Waals surface area contributed by atoms with E-state index in [1.165, 1.54) is 218 Å². The van der Waals surface area contributed by atoms with Gasteiger partial charge in [0, 0.05) is 25.7 Å². The van der Waals surface area contributed by atoms with Gasteiger partial charge in [0.05, 0.1) is 26.4 Å². The summed E-state index contributed by atoms with van der Waals surface area (Å²) in [5.74, 6) is 0.150. The van der Waals surface area contributed by atoms with Crippen LogP contribution in [0.4, 0.5) is 0 Å². The summed E-state index contributed by atoms with van der Waals surface area (Å²) in [7, 11) is -9.92. The second-order valence-electron chi connectivity index (χ2n) is 30.0. The van der Waals surface area contributed by atoms with Gasteiger partial charge in [-0.2, -0.15) is 0 Å². The normalized spacial score (nSPS) is 14.3. The van der Waals surface area contributed by atoms with Gasteiger partial charge in [0.15, 0.2) is 12.2 Å². The standard InChI is InChI=1S/C80H156O17P2/c1-8-10-11-12-13-14-15-16-17-18-19-20-21-22-27-30-35-40-49-56-63-79(84)96-75(67-90-77(82)61-54-47-39-34-29-26-24-23-25-28-33-38-46-53-60-73(7)9-2)69-94-98(86,87)92-65-74(81)66-93-99(88,89)95-70-76(68-91-78(83)62-55-48-43-42-45-52-59-72(5)6)97-80(85)64-57-50-41-36-31-32-37-44-51-58-71(3)4/h71-76,81H,8-70H2,1-7H3,(H,86,87)(H,88,89)/t73?,74-,75-,76-/m1/s1. The topological polar surface area (TPSA) is 237 Å². The van der Waals surface area contributed by atoms with Crippen LogP contribution in [0.1, 0.15) is 414 Å². The number of aliphatic hydroxyl groups is 1. The molecule has 0 bridgehead atoms. The number of rotatable bonds is 78. The first-order valence-electron chi connectivity index (χ1n) is 41.4. The van der Waals surface area contributed by atoms with Crippen LogP contribution in [0.5, 0.6) is 0 Å². The maximum atomic E-state index is 13.1. The largest absolute Gasteiger partial charge is 0.472 e. The molecule has 0 rings (SSSR count). The first-order chi connectivity index (χ1) is 47.8. The molecule has 19 heteroatoms. The Morgan fingerprint density at radius 1 is 0.293 bits per heavy atom. The Bertz CT molecular complexity index is 1920. The van der Waals surface area contributed by atoms with E-state index in [0.717, 1.165) is 108 Å². The molecule has 0 amide bonds. The number of aliphatic hydroxyl groups excluding tert-OH is 1. The summed E-state index contributed by atoms with van der Waals surface area (Å²) in [6.07, 6.45) is 58.5. The van der Waals surface area contributed by atoms with Gasteiger partial charge in [-0.1, -0.05) is 363 Å². The number of phosphoric ester groups is 2. The van der Waals surface area contributed by atoms with Crippen molar-refractivity contribution in [3.05, 3.63) is 0 Å². The number of hydrogen-bond donors (Lipinski definition) is 3. The Labute approximate surface area is 607 Å². The molecule has 0 aromatic carbocycles. The summed E-state index contributed by atoms with van der Waals surface area (Å²) in [5, 5.41) is 10.6. The highest BCUT2D eigenvalue weighted by molar-refractivity contribution is 7.47. The predicted octanol–water partition coefficient (Wildman–Crippen LogP) is 23.7. The highest BCUT2D eigenvalue weighted by Gasteiger charge is 2.30. The van der Waals surface area contributed by atoms with Gasteiger partial charge in [0.25, 0.3) is 0 Å².